The summed E-state index contributed by atoms with van der Waals surface area (Å²) in [5.74, 6) is -0.577. The number of nitrogens with zero attached hydrogens (tertiary/aromatic N) is 1. The van der Waals surface area contributed by atoms with Gasteiger partial charge >= 0.3 is 5.97 Å². The monoisotopic (exact) mass is 1030 g/mol. The van der Waals surface area contributed by atoms with E-state index in [0.717, 1.165) is 83.5 Å². The molecular formula is C62H115N2O7P. The fourth-order valence-electron chi connectivity index (χ4n) is 8.48. The number of unbranched alkanes of at least 4 members (excludes halogenated alkanes) is 31. The number of allylic oxidation sites excluding steroid dienone is 9. The molecule has 0 aromatic carbocycles. The SMILES string of the molecule is CCCCC/C=C\C/C=C\CCCCCCCCCC(=O)OC(/C=C/CCCCCCCCCCCCC)C(COP(=O)([O-])OCC[N+](C)(C)C)NC(=O)CCCCC/C=C/C=C/CCCCCCCCC. The molecule has 72 heavy (non-hydrogen) atoms. The van der Waals surface area contributed by atoms with Crippen LogP contribution < -0.4 is 10.2 Å². The van der Waals surface area contributed by atoms with E-state index in [-0.39, 0.29) is 31.3 Å². The van der Waals surface area contributed by atoms with Crippen molar-refractivity contribution >= 4 is 19.7 Å². The van der Waals surface area contributed by atoms with Crippen molar-refractivity contribution in [3.05, 3.63) is 60.8 Å². The number of esters is 1. The molecule has 1 N–H and O–H groups in total. The second-order valence-electron chi connectivity index (χ2n) is 21.5. The van der Waals surface area contributed by atoms with E-state index in [4.69, 9.17) is 13.8 Å². The standard InChI is InChI=1S/C62H115N2O7P/c1-7-10-13-16-19-22-25-28-30-32-34-37-40-43-46-49-52-55-62(66)71-60(53-50-47-44-41-38-35-27-24-21-18-15-12-9-3)59(58-70-72(67,68)69-57-56-64(4,5)6)63-61(65)54-51-48-45-42-39-36-33-31-29-26-23-20-17-14-11-8-2/h19,22,28,30-31,33,36,39,50,53,59-60H,7-18,20-21,23-27,29,32,34-35,37-38,40-49,51-52,54-58H2,1-6H3,(H-,63,65,67,68)/b22-19-,30-28-,33-31+,39-36+,53-50+. The van der Waals surface area contributed by atoms with Crippen molar-refractivity contribution in [2.45, 2.75) is 283 Å². The van der Waals surface area contributed by atoms with E-state index in [9.17, 15) is 19.0 Å². The van der Waals surface area contributed by atoms with Gasteiger partial charge in [-0.15, -0.1) is 0 Å². The normalized spacial score (nSPS) is 14.2. The molecule has 0 spiro atoms. The molecule has 0 aliphatic rings. The second-order valence-corrected chi connectivity index (χ2v) is 22.9. The van der Waals surface area contributed by atoms with Crippen LogP contribution in [0.25, 0.3) is 0 Å². The van der Waals surface area contributed by atoms with Gasteiger partial charge < -0.3 is 28.5 Å². The average Bonchev–Trinajstić information content (AvgIpc) is 3.34. The molecule has 0 aliphatic heterocycles. The first-order valence-corrected chi connectivity index (χ1v) is 31.6. The maximum absolute atomic E-state index is 13.5. The van der Waals surface area contributed by atoms with Crippen molar-refractivity contribution in [3.63, 3.8) is 0 Å². The van der Waals surface area contributed by atoms with Crippen LogP contribution in [-0.4, -0.2) is 69.4 Å². The highest BCUT2D eigenvalue weighted by molar-refractivity contribution is 7.45. The first kappa shape index (κ1) is 69.7. The summed E-state index contributed by atoms with van der Waals surface area (Å²) < 4.78 is 30.3. The summed E-state index contributed by atoms with van der Waals surface area (Å²) in [6.45, 7) is 6.79. The third-order valence-corrected chi connectivity index (χ3v) is 14.2. The molecule has 0 heterocycles. The van der Waals surface area contributed by atoms with Crippen LogP contribution in [0.15, 0.2) is 60.8 Å². The molecule has 0 aromatic heterocycles. The number of phosphoric acid groups is 1. The van der Waals surface area contributed by atoms with E-state index in [1.54, 1.807) is 0 Å². The van der Waals surface area contributed by atoms with E-state index in [1.807, 2.05) is 33.3 Å². The van der Waals surface area contributed by atoms with Crippen LogP contribution in [0.5, 0.6) is 0 Å². The summed E-state index contributed by atoms with van der Waals surface area (Å²) >= 11 is 0. The Morgan fingerprint density at radius 3 is 1.38 bits per heavy atom. The molecule has 10 heteroatoms. The lowest BCUT2D eigenvalue weighted by Gasteiger charge is -2.30. The minimum absolute atomic E-state index is 0.0297. The minimum atomic E-state index is -4.71. The Morgan fingerprint density at radius 2 is 0.889 bits per heavy atom. The highest BCUT2D eigenvalue weighted by Gasteiger charge is 2.27. The number of quaternary nitrogens is 1. The Balaban J connectivity index is 5.39. The van der Waals surface area contributed by atoms with Crippen molar-refractivity contribution in [2.75, 3.05) is 40.9 Å². The maximum atomic E-state index is 13.5. The van der Waals surface area contributed by atoms with E-state index >= 15 is 0 Å². The molecule has 3 atom stereocenters. The molecule has 1 amide bonds. The fourth-order valence-corrected chi connectivity index (χ4v) is 9.21. The number of rotatable bonds is 54. The van der Waals surface area contributed by atoms with Crippen molar-refractivity contribution < 1.29 is 37.3 Å². The molecule has 0 saturated heterocycles. The van der Waals surface area contributed by atoms with E-state index < -0.39 is 26.6 Å². The van der Waals surface area contributed by atoms with Gasteiger partial charge in [0.25, 0.3) is 7.82 Å². The van der Waals surface area contributed by atoms with Gasteiger partial charge in [-0.05, 0) is 89.5 Å². The Bertz CT molecular complexity index is 1420. The smallest absolute Gasteiger partial charge is 0.306 e. The van der Waals surface area contributed by atoms with Gasteiger partial charge in [-0.2, -0.15) is 0 Å². The minimum Gasteiger partial charge on any atom is -0.756 e. The molecule has 0 aliphatic carbocycles. The summed E-state index contributed by atoms with van der Waals surface area (Å²) in [6, 6.07) is -0.906. The van der Waals surface area contributed by atoms with Crippen LogP contribution in [0, 0.1) is 0 Å². The third kappa shape index (κ3) is 52.6. The Labute approximate surface area is 445 Å². The van der Waals surface area contributed by atoms with E-state index in [1.165, 1.54) is 148 Å². The topological polar surface area (TPSA) is 114 Å². The zero-order chi connectivity index (χ0) is 52.9. The number of phosphoric ester groups is 1. The van der Waals surface area contributed by atoms with Crippen molar-refractivity contribution in [1.82, 2.24) is 5.32 Å². The Kier molecular flexibility index (Phi) is 50.5. The lowest BCUT2D eigenvalue weighted by atomic mass is 10.0. The number of likely N-dealkylation sites (N-methyl/N-ethyl adjacent to an activating group) is 1. The zero-order valence-electron chi connectivity index (χ0n) is 47.9. The summed E-state index contributed by atoms with van der Waals surface area (Å²) in [7, 11) is 1.16. The summed E-state index contributed by atoms with van der Waals surface area (Å²) in [5.41, 5.74) is 0. The van der Waals surface area contributed by atoms with Crippen LogP contribution in [0.1, 0.15) is 271 Å². The predicted molar refractivity (Wildman–Crippen MR) is 307 cm³/mol. The highest BCUT2D eigenvalue weighted by Crippen LogP contribution is 2.38. The Morgan fingerprint density at radius 1 is 0.500 bits per heavy atom. The van der Waals surface area contributed by atoms with Crippen molar-refractivity contribution in [1.29, 1.82) is 0 Å². The van der Waals surface area contributed by atoms with Gasteiger partial charge in [0.1, 0.15) is 19.3 Å². The quantitative estimate of drug-likeness (QED) is 0.0161. The summed E-state index contributed by atoms with van der Waals surface area (Å²) in [5, 5.41) is 3.01. The Hall–Kier alpha value is -2.29. The molecule has 3 unspecified atom stereocenters. The second kappa shape index (κ2) is 52.2. The van der Waals surface area contributed by atoms with Crippen molar-refractivity contribution in [3.8, 4) is 0 Å². The van der Waals surface area contributed by atoms with Gasteiger partial charge in [-0.1, -0.05) is 230 Å². The number of carbonyl (C=O) groups is 2. The lowest BCUT2D eigenvalue weighted by molar-refractivity contribution is -0.870. The molecular weight excluding hydrogens is 916 g/mol. The zero-order valence-corrected chi connectivity index (χ0v) is 48.8. The number of carbonyl (C=O) groups excluding carboxylic acids is 2. The molecule has 0 aromatic rings. The number of hydrogen-bond acceptors (Lipinski definition) is 7. The largest absolute Gasteiger partial charge is 0.756 e. The number of hydrogen-bond donors (Lipinski definition) is 1. The maximum Gasteiger partial charge on any atom is 0.306 e. The van der Waals surface area contributed by atoms with E-state index in [0.29, 0.717) is 17.4 Å². The van der Waals surface area contributed by atoms with Gasteiger partial charge in [0.2, 0.25) is 5.91 Å². The van der Waals surface area contributed by atoms with Crippen LogP contribution in [0.4, 0.5) is 0 Å². The van der Waals surface area contributed by atoms with Gasteiger partial charge in [-0.25, -0.2) is 0 Å². The van der Waals surface area contributed by atoms with Crippen molar-refractivity contribution in [2.24, 2.45) is 0 Å². The number of ether oxygens (including phenoxy) is 1. The fraction of sp³-hybridized carbons (Fsp3) is 0.806. The molecule has 420 valence electrons. The molecule has 0 fully saturated rings. The van der Waals surface area contributed by atoms with Crippen LogP contribution >= 0.6 is 7.82 Å². The van der Waals surface area contributed by atoms with Crippen LogP contribution in [0.2, 0.25) is 0 Å². The summed E-state index contributed by atoms with van der Waals surface area (Å²) in [4.78, 5) is 39.9. The predicted octanol–water partition coefficient (Wildman–Crippen LogP) is 17.6. The molecule has 0 rings (SSSR count). The molecule has 0 radical (unpaired) electrons. The van der Waals surface area contributed by atoms with Gasteiger partial charge in [-0.3, -0.25) is 14.2 Å². The average molecular weight is 1030 g/mol. The lowest BCUT2D eigenvalue weighted by Crippen LogP contribution is -2.47. The van der Waals surface area contributed by atoms with Crippen LogP contribution in [0.3, 0.4) is 0 Å². The molecule has 0 saturated carbocycles. The highest BCUT2D eigenvalue weighted by atomic mass is 31.2. The first-order valence-electron chi connectivity index (χ1n) is 30.1. The van der Waals surface area contributed by atoms with Crippen LogP contribution in [-0.2, 0) is 27.9 Å². The third-order valence-electron chi connectivity index (χ3n) is 13.2. The number of nitrogens with one attached hydrogen (secondary N) is 1. The molecule has 9 nitrogen and oxygen atoms in total. The summed E-state index contributed by atoms with van der Waals surface area (Å²) in [6.07, 6.45) is 64.6. The van der Waals surface area contributed by atoms with E-state index in [2.05, 4.69) is 74.7 Å². The van der Waals surface area contributed by atoms with Gasteiger partial charge in [0, 0.05) is 12.8 Å². The number of amides is 1. The van der Waals surface area contributed by atoms with Gasteiger partial charge in [0.05, 0.1) is 33.8 Å². The van der Waals surface area contributed by atoms with Gasteiger partial charge in [0.15, 0.2) is 0 Å². The first-order chi connectivity index (χ1) is 34.9. The molecule has 0 bridgehead atoms.